The van der Waals surface area contributed by atoms with Gasteiger partial charge < -0.3 is 10.4 Å². The number of nitrogens with one attached hydrogen (secondary N) is 2. The van der Waals surface area contributed by atoms with E-state index in [0.717, 1.165) is 49.7 Å². The molecule has 28 heavy (non-hydrogen) atoms. The molecule has 0 spiro atoms. The molecule has 2 aliphatic rings. The van der Waals surface area contributed by atoms with Gasteiger partial charge in [0.2, 0.25) is 5.91 Å². The first kappa shape index (κ1) is 19.4. The molecular formula is C20H26ClN5O2. The summed E-state index contributed by atoms with van der Waals surface area (Å²) in [4.78, 5) is 17.0. The van der Waals surface area contributed by atoms with E-state index in [9.17, 15) is 9.90 Å². The topological polar surface area (TPSA) is 84.5 Å². The number of carbonyl (C=O) groups excluding carboxylic acids is 1. The molecule has 2 fully saturated rings. The standard InChI is InChI=1S/C20H26ClN5O2/c1-14-6-16(2-3-18(14)21)23-19(28)10-26-8-15-7-25(9-17-4-5-22-24-17)11-20(15,12-26)13-27/h2-6,15,27H,7-13H2,1H3,(H,22,24)(H,23,28). The number of aromatic nitrogens is 2. The van der Waals surface area contributed by atoms with E-state index in [2.05, 4.69) is 25.3 Å². The molecule has 0 radical (unpaired) electrons. The molecule has 1 amide bonds. The van der Waals surface area contributed by atoms with Crippen molar-refractivity contribution in [1.29, 1.82) is 0 Å². The smallest absolute Gasteiger partial charge is 0.238 e. The van der Waals surface area contributed by atoms with Crippen LogP contribution < -0.4 is 5.32 Å². The van der Waals surface area contributed by atoms with Crippen molar-refractivity contribution >= 4 is 23.2 Å². The Morgan fingerprint density at radius 2 is 2.14 bits per heavy atom. The van der Waals surface area contributed by atoms with Crippen LogP contribution in [-0.2, 0) is 11.3 Å². The predicted octanol–water partition coefficient (Wildman–Crippen LogP) is 1.74. The number of aliphatic hydroxyl groups is 1. The fourth-order valence-electron chi connectivity index (χ4n) is 4.61. The van der Waals surface area contributed by atoms with Crippen LogP contribution in [0.4, 0.5) is 5.69 Å². The maximum atomic E-state index is 12.5. The molecule has 0 bridgehead atoms. The van der Waals surface area contributed by atoms with Gasteiger partial charge in [-0.25, -0.2) is 0 Å². The number of H-pyrrole nitrogens is 1. The van der Waals surface area contributed by atoms with Gasteiger partial charge in [-0.2, -0.15) is 5.10 Å². The van der Waals surface area contributed by atoms with Crippen molar-refractivity contribution in [3.63, 3.8) is 0 Å². The van der Waals surface area contributed by atoms with E-state index in [1.165, 1.54) is 0 Å². The number of benzene rings is 1. The minimum atomic E-state index is -0.156. The molecule has 7 nitrogen and oxygen atoms in total. The monoisotopic (exact) mass is 403 g/mol. The third-order valence-corrected chi connectivity index (χ3v) is 6.40. The third kappa shape index (κ3) is 3.93. The van der Waals surface area contributed by atoms with Crippen LogP contribution in [0.5, 0.6) is 0 Å². The van der Waals surface area contributed by atoms with Gasteiger partial charge in [-0.1, -0.05) is 11.6 Å². The maximum absolute atomic E-state index is 12.5. The number of hydrogen-bond donors (Lipinski definition) is 3. The zero-order valence-electron chi connectivity index (χ0n) is 16.0. The average Bonchev–Trinajstić information content (AvgIpc) is 3.33. The van der Waals surface area contributed by atoms with Crippen molar-refractivity contribution in [2.45, 2.75) is 13.5 Å². The molecule has 150 valence electrons. The van der Waals surface area contributed by atoms with E-state index in [1.54, 1.807) is 12.3 Å². The normalized spacial score (nSPS) is 25.2. The average molecular weight is 404 g/mol. The molecule has 2 saturated heterocycles. The number of anilines is 1. The number of nitrogens with zero attached hydrogens (tertiary/aromatic N) is 3. The molecule has 2 unspecified atom stereocenters. The molecule has 2 atom stereocenters. The highest BCUT2D eigenvalue weighted by atomic mass is 35.5. The van der Waals surface area contributed by atoms with E-state index in [4.69, 9.17) is 11.6 Å². The van der Waals surface area contributed by atoms with E-state index in [-0.39, 0.29) is 17.9 Å². The number of amides is 1. The SMILES string of the molecule is Cc1cc(NC(=O)CN2CC3CN(Cc4ccn[nH]4)CC3(CO)C2)ccc1Cl. The molecule has 1 aromatic carbocycles. The number of likely N-dealkylation sites (tertiary alicyclic amines) is 2. The Balaban J connectivity index is 1.33. The lowest BCUT2D eigenvalue weighted by Crippen LogP contribution is -2.39. The molecule has 2 aromatic rings. The van der Waals surface area contributed by atoms with Crippen molar-refractivity contribution in [2.24, 2.45) is 11.3 Å². The fourth-order valence-corrected chi connectivity index (χ4v) is 4.72. The van der Waals surface area contributed by atoms with Gasteiger partial charge in [0.1, 0.15) is 0 Å². The number of aromatic amines is 1. The van der Waals surface area contributed by atoms with Crippen LogP contribution in [0.25, 0.3) is 0 Å². The van der Waals surface area contributed by atoms with Gasteiger partial charge in [0, 0.05) is 60.7 Å². The van der Waals surface area contributed by atoms with E-state index >= 15 is 0 Å². The van der Waals surface area contributed by atoms with Gasteiger partial charge in [-0.3, -0.25) is 19.7 Å². The maximum Gasteiger partial charge on any atom is 0.238 e. The fraction of sp³-hybridized carbons (Fsp3) is 0.500. The molecule has 2 aliphatic heterocycles. The lowest BCUT2D eigenvalue weighted by atomic mass is 9.82. The largest absolute Gasteiger partial charge is 0.396 e. The summed E-state index contributed by atoms with van der Waals surface area (Å²) in [6.45, 7) is 6.53. The van der Waals surface area contributed by atoms with E-state index < -0.39 is 0 Å². The van der Waals surface area contributed by atoms with E-state index in [0.29, 0.717) is 17.5 Å². The lowest BCUT2D eigenvalue weighted by molar-refractivity contribution is -0.117. The Kier molecular flexibility index (Phi) is 5.42. The second kappa shape index (κ2) is 7.83. The van der Waals surface area contributed by atoms with Crippen molar-refractivity contribution < 1.29 is 9.90 Å². The summed E-state index contributed by atoms with van der Waals surface area (Å²) in [6.07, 6.45) is 1.76. The van der Waals surface area contributed by atoms with Crippen molar-refractivity contribution in [1.82, 2.24) is 20.0 Å². The van der Waals surface area contributed by atoms with Crippen molar-refractivity contribution in [2.75, 3.05) is 44.6 Å². The summed E-state index contributed by atoms with van der Waals surface area (Å²) in [5.41, 5.74) is 2.63. The Bertz CT molecular complexity index is 843. The highest BCUT2D eigenvalue weighted by Crippen LogP contribution is 2.42. The molecule has 3 heterocycles. The Hall–Kier alpha value is -1.93. The molecule has 3 N–H and O–H groups in total. The number of rotatable bonds is 6. The van der Waals surface area contributed by atoms with Crippen molar-refractivity contribution in [3.05, 3.63) is 46.7 Å². The van der Waals surface area contributed by atoms with Gasteiger partial charge >= 0.3 is 0 Å². The van der Waals surface area contributed by atoms with Gasteiger partial charge in [0.25, 0.3) is 0 Å². The van der Waals surface area contributed by atoms with Gasteiger partial charge in [0.15, 0.2) is 0 Å². The first-order valence-corrected chi connectivity index (χ1v) is 9.95. The van der Waals surface area contributed by atoms with Gasteiger partial charge in [-0.05, 0) is 42.7 Å². The number of aryl methyl sites for hydroxylation is 1. The number of fused-ring (bicyclic) bond motifs is 1. The molecule has 8 heteroatoms. The van der Waals surface area contributed by atoms with Crippen LogP contribution in [0.3, 0.4) is 0 Å². The Morgan fingerprint density at radius 3 is 2.82 bits per heavy atom. The van der Waals surface area contributed by atoms with Crippen molar-refractivity contribution in [3.8, 4) is 0 Å². The summed E-state index contributed by atoms with van der Waals surface area (Å²) >= 11 is 6.04. The Labute approximate surface area is 169 Å². The minimum Gasteiger partial charge on any atom is -0.396 e. The van der Waals surface area contributed by atoms with E-state index in [1.807, 2.05) is 25.1 Å². The highest BCUT2D eigenvalue weighted by molar-refractivity contribution is 6.31. The molecule has 0 saturated carbocycles. The van der Waals surface area contributed by atoms with Gasteiger partial charge in [-0.15, -0.1) is 0 Å². The molecule has 4 rings (SSSR count). The summed E-state index contributed by atoms with van der Waals surface area (Å²) in [5.74, 6) is 0.329. The second-order valence-corrected chi connectivity index (χ2v) is 8.56. The summed E-state index contributed by atoms with van der Waals surface area (Å²) < 4.78 is 0. The van der Waals surface area contributed by atoms with Gasteiger partial charge in [0.05, 0.1) is 13.2 Å². The molecule has 0 aliphatic carbocycles. The van der Waals surface area contributed by atoms with Crippen LogP contribution in [0, 0.1) is 18.3 Å². The number of carbonyl (C=O) groups is 1. The van der Waals surface area contributed by atoms with Crippen LogP contribution in [0.15, 0.2) is 30.5 Å². The first-order chi connectivity index (χ1) is 13.5. The highest BCUT2D eigenvalue weighted by Gasteiger charge is 2.52. The summed E-state index contributed by atoms with van der Waals surface area (Å²) in [5, 5.41) is 20.8. The van der Waals surface area contributed by atoms with Crippen LogP contribution in [0.1, 0.15) is 11.3 Å². The zero-order chi connectivity index (χ0) is 19.7. The summed E-state index contributed by atoms with van der Waals surface area (Å²) in [7, 11) is 0. The number of aliphatic hydroxyl groups excluding tert-OH is 1. The predicted molar refractivity (Wildman–Crippen MR) is 108 cm³/mol. The first-order valence-electron chi connectivity index (χ1n) is 9.57. The van der Waals surface area contributed by atoms with Crippen LogP contribution in [-0.4, -0.2) is 70.3 Å². The molecular weight excluding hydrogens is 378 g/mol. The number of halogens is 1. The zero-order valence-corrected chi connectivity index (χ0v) is 16.7. The molecule has 1 aromatic heterocycles. The second-order valence-electron chi connectivity index (χ2n) is 8.15. The van der Waals surface area contributed by atoms with Crippen LogP contribution >= 0.6 is 11.6 Å². The minimum absolute atomic E-state index is 0.0379. The summed E-state index contributed by atoms with van der Waals surface area (Å²) in [6, 6.07) is 7.46. The Morgan fingerprint density at radius 1 is 1.36 bits per heavy atom. The third-order valence-electron chi connectivity index (χ3n) is 5.98. The number of hydrogen-bond acceptors (Lipinski definition) is 5. The van der Waals surface area contributed by atoms with Crippen LogP contribution in [0.2, 0.25) is 5.02 Å². The quantitative estimate of drug-likeness (QED) is 0.684. The lowest BCUT2D eigenvalue weighted by Gasteiger charge is -2.27.